The molecular weight excluding hydrogens is 418 g/mol. The van der Waals surface area contributed by atoms with Crippen LogP contribution in [0.5, 0.6) is 0 Å². The highest BCUT2D eigenvalue weighted by molar-refractivity contribution is 5.89. The average molecular weight is 448 g/mol. The van der Waals surface area contributed by atoms with Gasteiger partial charge in [-0.15, -0.1) is 0 Å². The van der Waals surface area contributed by atoms with E-state index >= 15 is 0 Å². The van der Waals surface area contributed by atoms with E-state index < -0.39 is 0 Å². The van der Waals surface area contributed by atoms with Gasteiger partial charge >= 0.3 is 0 Å². The number of rotatable bonds is 5. The number of aromatic nitrogens is 3. The highest BCUT2D eigenvalue weighted by Crippen LogP contribution is 2.32. The first kappa shape index (κ1) is 21.9. The first-order chi connectivity index (χ1) is 16.3. The van der Waals surface area contributed by atoms with Gasteiger partial charge in [-0.3, -0.25) is 4.90 Å². The maximum atomic E-state index is 9.02. The number of aliphatic hydroxyl groups is 1. The van der Waals surface area contributed by atoms with E-state index in [-0.39, 0.29) is 6.61 Å². The van der Waals surface area contributed by atoms with Crippen molar-refractivity contribution in [2.75, 3.05) is 64.1 Å². The molecule has 5 rings (SSSR count). The second kappa shape index (κ2) is 10.3. The highest BCUT2D eigenvalue weighted by Gasteiger charge is 2.20. The lowest BCUT2D eigenvalue weighted by molar-refractivity contribution is 0.0344. The summed E-state index contributed by atoms with van der Waals surface area (Å²) in [5, 5.41) is 10.1. The number of fused-ring (bicyclic) bond motifs is 1. The van der Waals surface area contributed by atoms with Crippen LogP contribution in [0.25, 0.3) is 22.3 Å². The Morgan fingerprint density at radius 3 is 2.52 bits per heavy atom. The van der Waals surface area contributed by atoms with Gasteiger partial charge in [0.25, 0.3) is 0 Å². The first-order valence-electron chi connectivity index (χ1n) is 11.5. The van der Waals surface area contributed by atoms with Crippen LogP contribution in [0.3, 0.4) is 0 Å². The monoisotopic (exact) mass is 447 g/mol. The van der Waals surface area contributed by atoms with Crippen LogP contribution in [0.4, 0.5) is 5.82 Å². The van der Waals surface area contributed by atoms with Crippen LogP contribution < -0.4 is 4.90 Å². The lowest BCUT2D eigenvalue weighted by Crippen LogP contribution is -2.36. The van der Waals surface area contributed by atoms with Gasteiger partial charge in [-0.2, -0.15) is 0 Å². The Bertz CT molecular complexity index is 1140. The molecule has 0 aliphatic carbocycles. The van der Waals surface area contributed by atoms with Crippen LogP contribution in [0.1, 0.15) is 17.5 Å². The second-order valence-corrected chi connectivity index (χ2v) is 8.27. The van der Waals surface area contributed by atoms with Crippen molar-refractivity contribution < 1.29 is 14.6 Å². The number of aromatic amines is 1. The van der Waals surface area contributed by atoms with Crippen molar-refractivity contribution >= 4 is 16.9 Å². The van der Waals surface area contributed by atoms with E-state index in [2.05, 4.69) is 49.8 Å². The molecule has 0 aromatic carbocycles. The minimum Gasteiger partial charge on any atom is -0.395 e. The van der Waals surface area contributed by atoms with Gasteiger partial charge in [0, 0.05) is 73.6 Å². The summed E-state index contributed by atoms with van der Waals surface area (Å²) >= 11 is 0. The summed E-state index contributed by atoms with van der Waals surface area (Å²) in [6, 6.07) is 6.31. The second-order valence-electron chi connectivity index (χ2n) is 8.27. The van der Waals surface area contributed by atoms with Crippen LogP contribution in [0.2, 0.25) is 0 Å². The van der Waals surface area contributed by atoms with Gasteiger partial charge in [0.2, 0.25) is 0 Å². The summed E-state index contributed by atoms with van der Waals surface area (Å²) in [7, 11) is 0. The molecule has 33 heavy (non-hydrogen) atoms. The van der Waals surface area contributed by atoms with E-state index in [1.165, 1.54) is 5.56 Å². The molecule has 5 heterocycles. The normalized spacial score (nSPS) is 17.2. The molecule has 3 aromatic heterocycles. The van der Waals surface area contributed by atoms with Gasteiger partial charge in [0.05, 0.1) is 38.7 Å². The molecule has 2 N–H and O–H groups in total. The molecule has 8 nitrogen and oxygen atoms in total. The fraction of sp³-hybridized carbons (Fsp3) is 0.440. The molecule has 0 amide bonds. The largest absolute Gasteiger partial charge is 0.395 e. The molecule has 2 fully saturated rings. The highest BCUT2D eigenvalue weighted by atomic mass is 16.5. The summed E-state index contributed by atoms with van der Waals surface area (Å²) < 4.78 is 11.0. The fourth-order valence-corrected chi connectivity index (χ4v) is 4.32. The Balaban J connectivity index is 1.50. The molecule has 172 valence electrons. The quantitative estimate of drug-likeness (QED) is 0.579. The molecule has 3 aromatic rings. The predicted molar refractivity (Wildman–Crippen MR) is 127 cm³/mol. The van der Waals surface area contributed by atoms with Gasteiger partial charge in [0.1, 0.15) is 11.5 Å². The summed E-state index contributed by atoms with van der Waals surface area (Å²) in [6.07, 6.45) is 4.18. The molecule has 0 spiro atoms. The van der Waals surface area contributed by atoms with E-state index in [0.29, 0.717) is 6.42 Å². The Kier molecular flexibility index (Phi) is 6.84. The standard InChI is InChI=1S/C25H29N5O3/c31-10-2-1-3-19-15-21-22(18-29-6-11-32-12-7-29)24(28-25(21)27-16-19)20-4-5-23(26-17-20)30-8-13-33-14-9-30/h4-5,15-17,31H,2,6-14,18H2,(H,27,28). The Morgan fingerprint density at radius 2 is 1.79 bits per heavy atom. The maximum Gasteiger partial charge on any atom is 0.138 e. The van der Waals surface area contributed by atoms with Gasteiger partial charge < -0.3 is 24.5 Å². The van der Waals surface area contributed by atoms with Crippen LogP contribution in [0, 0.1) is 11.8 Å². The number of morpholine rings is 2. The van der Waals surface area contributed by atoms with Gasteiger partial charge in [0.15, 0.2) is 0 Å². The Labute approximate surface area is 193 Å². The molecule has 0 saturated carbocycles. The summed E-state index contributed by atoms with van der Waals surface area (Å²) in [6.45, 7) is 7.40. The molecule has 0 radical (unpaired) electrons. The van der Waals surface area contributed by atoms with E-state index in [1.54, 1.807) is 6.20 Å². The third kappa shape index (κ3) is 5.02. The Hall–Kier alpha value is -2.96. The lowest BCUT2D eigenvalue weighted by atomic mass is 10.1. The number of H-pyrrole nitrogens is 1. The molecule has 2 saturated heterocycles. The van der Waals surface area contributed by atoms with Crippen LogP contribution in [-0.4, -0.2) is 84.2 Å². The van der Waals surface area contributed by atoms with Crippen molar-refractivity contribution in [3.05, 3.63) is 41.7 Å². The van der Waals surface area contributed by atoms with Crippen molar-refractivity contribution in [1.82, 2.24) is 19.9 Å². The van der Waals surface area contributed by atoms with Crippen molar-refractivity contribution in [3.63, 3.8) is 0 Å². The third-order valence-corrected chi connectivity index (χ3v) is 6.08. The molecule has 2 aliphatic rings. The number of hydrogen-bond acceptors (Lipinski definition) is 7. The Morgan fingerprint density at radius 1 is 1.00 bits per heavy atom. The molecule has 2 aliphatic heterocycles. The number of aliphatic hydroxyl groups excluding tert-OH is 1. The molecular formula is C25H29N5O3. The summed E-state index contributed by atoms with van der Waals surface area (Å²) in [4.78, 5) is 17.6. The molecule has 0 unspecified atom stereocenters. The van der Waals surface area contributed by atoms with E-state index in [1.807, 2.05) is 6.20 Å². The van der Waals surface area contributed by atoms with Crippen molar-refractivity contribution in [1.29, 1.82) is 0 Å². The zero-order chi connectivity index (χ0) is 22.5. The first-order valence-corrected chi connectivity index (χ1v) is 11.5. The number of anilines is 1. The minimum atomic E-state index is 0.0622. The van der Waals surface area contributed by atoms with Gasteiger partial charge in [-0.25, -0.2) is 9.97 Å². The third-order valence-electron chi connectivity index (χ3n) is 6.08. The van der Waals surface area contributed by atoms with Crippen LogP contribution in [0.15, 0.2) is 30.6 Å². The molecule has 8 heteroatoms. The predicted octanol–water partition coefficient (Wildman–Crippen LogP) is 2.03. The lowest BCUT2D eigenvalue weighted by Gasteiger charge is -2.28. The van der Waals surface area contributed by atoms with Gasteiger partial charge in [-0.05, 0) is 18.2 Å². The van der Waals surface area contributed by atoms with Crippen molar-refractivity contribution in [2.24, 2.45) is 0 Å². The maximum absolute atomic E-state index is 9.02. The van der Waals surface area contributed by atoms with Crippen molar-refractivity contribution in [3.8, 4) is 23.1 Å². The smallest absolute Gasteiger partial charge is 0.138 e. The molecule has 0 bridgehead atoms. The number of nitrogens with zero attached hydrogens (tertiary/aromatic N) is 4. The fourth-order valence-electron chi connectivity index (χ4n) is 4.32. The average Bonchev–Trinajstić information content (AvgIpc) is 3.23. The zero-order valence-corrected chi connectivity index (χ0v) is 18.7. The minimum absolute atomic E-state index is 0.0622. The summed E-state index contributed by atoms with van der Waals surface area (Å²) in [5.74, 6) is 7.08. The van der Waals surface area contributed by atoms with Crippen molar-refractivity contribution in [2.45, 2.75) is 13.0 Å². The molecule has 0 atom stereocenters. The zero-order valence-electron chi connectivity index (χ0n) is 18.7. The van der Waals surface area contributed by atoms with E-state index in [9.17, 15) is 0 Å². The number of ether oxygens (including phenoxy) is 2. The topological polar surface area (TPSA) is 86.7 Å². The SMILES string of the molecule is OCCC#Cc1cnc2[nH]c(-c3ccc(N4CCOCC4)nc3)c(CN3CCOCC3)c2c1. The van der Waals surface area contributed by atoms with Crippen LogP contribution >= 0.6 is 0 Å². The number of pyridine rings is 2. The van der Waals surface area contributed by atoms with E-state index in [4.69, 9.17) is 19.6 Å². The summed E-state index contributed by atoms with van der Waals surface area (Å²) in [5.41, 5.74) is 4.99. The number of nitrogens with one attached hydrogen (secondary N) is 1. The number of hydrogen-bond donors (Lipinski definition) is 2. The van der Waals surface area contributed by atoms with Crippen LogP contribution in [-0.2, 0) is 16.0 Å². The van der Waals surface area contributed by atoms with Gasteiger partial charge in [-0.1, -0.05) is 11.8 Å². The van der Waals surface area contributed by atoms with E-state index in [0.717, 1.165) is 92.8 Å².